The van der Waals surface area contributed by atoms with Crippen LogP contribution in [-0.2, 0) is 22.4 Å². The molecule has 188 valence electrons. The van der Waals surface area contributed by atoms with Gasteiger partial charge < -0.3 is 19.5 Å². The number of benzene rings is 2. The average Bonchev–Trinajstić information content (AvgIpc) is 3.39. The largest absolute Gasteiger partial charge is 0.491 e. The highest BCUT2D eigenvalue weighted by Crippen LogP contribution is 2.26. The van der Waals surface area contributed by atoms with E-state index in [0.717, 1.165) is 69.7 Å². The monoisotopic (exact) mass is 478 g/mol. The highest BCUT2D eigenvalue weighted by molar-refractivity contribution is 5.94. The lowest BCUT2D eigenvalue weighted by Crippen LogP contribution is -2.41. The minimum Gasteiger partial charge on any atom is -0.491 e. The van der Waals surface area contributed by atoms with Crippen LogP contribution < -0.4 is 10.1 Å². The zero-order valence-corrected chi connectivity index (χ0v) is 20.7. The Morgan fingerprint density at radius 1 is 0.857 bits per heavy atom. The standard InChI is InChI=1S/C29H38N2O4/c32-29(30-26-6-1-2-7-26)24-8-9-28-25(20-24)19-22-4-3-5-23(18-22)21-31(12-15-34-16-17-35-28)27-10-13-33-14-11-27/h3-5,8-9,18,20,26-27H,1-2,6-7,10-17,19,21H2,(H,30,32). The van der Waals surface area contributed by atoms with Gasteiger partial charge in [0.1, 0.15) is 12.4 Å². The number of nitrogens with one attached hydrogen (secondary N) is 1. The molecule has 1 saturated carbocycles. The Morgan fingerprint density at radius 2 is 1.66 bits per heavy atom. The molecule has 0 aromatic heterocycles. The molecular formula is C29H38N2O4. The predicted octanol–water partition coefficient (Wildman–Crippen LogP) is 4.34. The van der Waals surface area contributed by atoms with Gasteiger partial charge in [0.15, 0.2) is 0 Å². The molecule has 1 N–H and O–H groups in total. The van der Waals surface area contributed by atoms with Gasteiger partial charge in [-0.05, 0) is 60.6 Å². The lowest BCUT2D eigenvalue weighted by atomic mass is 9.99. The van der Waals surface area contributed by atoms with Gasteiger partial charge in [0.25, 0.3) is 5.91 Å². The third-order valence-corrected chi connectivity index (χ3v) is 7.50. The molecule has 6 heteroatoms. The first-order valence-corrected chi connectivity index (χ1v) is 13.3. The van der Waals surface area contributed by atoms with Crippen LogP contribution in [0.25, 0.3) is 0 Å². The Morgan fingerprint density at radius 3 is 2.51 bits per heavy atom. The summed E-state index contributed by atoms with van der Waals surface area (Å²) in [6.45, 7) is 5.23. The first-order chi connectivity index (χ1) is 17.2. The summed E-state index contributed by atoms with van der Waals surface area (Å²) in [5.41, 5.74) is 4.29. The van der Waals surface area contributed by atoms with Crippen LogP contribution in [0.4, 0.5) is 0 Å². The maximum atomic E-state index is 12.9. The van der Waals surface area contributed by atoms with Crippen LogP contribution >= 0.6 is 0 Å². The van der Waals surface area contributed by atoms with E-state index in [1.807, 2.05) is 18.2 Å². The fourth-order valence-corrected chi connectivity index (χ4v) is 5.57. The highest BCUT2D eigenvalue weighted by Gasteiger charge is 2.22. The number of amides is 1. The second kappa shape index (κ2) is 12.0. The van der Waals surface area contributed by atoms with Gasteiger partial charge in [0.05, 0.1) is 13.2 Å². The molecule has 2 aliphatic heterocycles. The van der Waals surface area contributed by atoms with Gasteiger partial charge >= 0.3 is 0 Å². The number of nitrogens with zero attached hydrogens (tertiary/aromatic N) is 1. The highest BCUT2D eigenvalue weighted by atomic mass is 16.5. The maximum Gasteiger partial charge on any atom is 0.251 e. The topological polar surface area (TPSA) is 60.0 Å². The van der Waals surface area contributed by atoms with Crippen LogP contribution in [0.15, 0.2) is 42.5 Å². The Hall–Kier alpha value is -2.41. The van der Waals surface area contributed by atoms with Gasteiger partial charge in [-0.25, -0.2) is 0 Å². The number of hydrogen-bond donors (Lipinski definition) is 1. The molecule has 0 radical (unpaired) electrons. The molecule has 2 aromatic carbocycles. The molecule has 0 unspecified atom stereocenters. The van der Waals surface area contributed by atoms with Crippen LogP contribution in [0, 0.1) is 0 Å². The summed E-state index contributed by atoms with van der Waals surface area (Å²) in [5.74, 6) is 0.848. The fourth-order valence-electron chi connectivity index (χ4n) is 5.57. The molecule has 6 nitrogen and oxygen atoms in total. The summed E-state index contributed by atoms with van der Waals surface area (Å²) in [7, 11) is 0. The number of fused-ring (bicyclic) bond motifs is 3. The summed E-state index contributed by atoms with van der Waals surface area (Å²) in [6.07, 6.45) is 7.44. The van der Waals surface area contributed by atoms with Gasteiger partial charge in [-0.2, -0.15) is 0 Å². The zero-order chi connectivity index (χ0) is 23.9. The van der Waals surface area contributed by atoms with Gasteiger partial charge in [0, 0.05) is 50.4 Å². The van der Waals surface area contributed by atoms with E-state index in [1.54, 1.807) is 0 Å². The molecule has 0 spiro atoms. The number of carbonyl (C=O) groups is 1. The van der Waals surface area contributed by atoms with Crippen molar-refractivity contribution >= 4 is 5.91 Å². The van der Waals surface area contributed by atoms with Crippen molar-refractivity contribution in [1.29, 1.82) is 0 Å². The first-order valence-electron chi connectivity index (χ1n) is 13.3. The van der Waals surface area contributed by atoms with E-state index >= 15 is 0 Å². The quantitative estimate of drug-likeness (QED) is 0.711. The smallest absolute Gasteiger partial charge is 0.251 e. The number of hydrogen-bond acceptors (Lipinski definition) is 5. The van der Waals surface area contributed by atoms with Crippen LogP contribution in [0.1, 0.15) is 65.6 Å². The van der Waals surface area contributed by atoms with Crippen molar-refractivity contribution in [2.24, 2.45) is 0 Å². The first kappa shape index (κ1) is 24.3. The molecule has 1 aliphatic carbocycles. The zero-order valence-electron chi connectivity index (χ0n) is 20.7. The summed E-state index contributed by atoms with van der Waals surface area (Å²) >= 11 is 0. The van der Waals surface area contributed by atoms with Crippen molar-refractivity contribution in [2.75, 3.05) is 39.6 Å². The van der Waals surface area contributed by atoms with Crippen LogP contribution in [0.3, 0.4) is 0 Å². The van der Waals surface area contributed by atoms with E-state index < -0.39 is 0 Å². The molecule has 5 rings (SSSR count). The fraction of sp³-hybridized carbons (Fsp3) is 0.552. The van der Waals surface area contributed by atoms with Crippen molar-refractivity contribution in [3.05, 3.63) is 64.7 Å². The van der Waals surface area contributed by atoms with Crippen molar-refractivity contribution in [1.82, 2.24) is 10.2 Å². The van der Waals surface area contributed by atoms with E-state index in [1.165, 1.54) is 24.0 Å². The third kappa shape index (κ3) is 6.63. The summed E-state index contributed by atoms with van der Waals surface area (Å²) < 4.78 is 17.7. The van der Waals surface area contributed by atoms with E-state index in [4.69, 9.17) is 14.2 Å². The summed E-state index contributed by atoms with van der Waals surface area (Å²) in [5, 5.41) is 3.21. The third-order valence-electron chi connectivity index (χ3n) is 7.50. The number of rotatable bonds is 3. The number of ether oxygens (including phenoxy) is 3. The van der Waals surface area contributed by atoms with Crippen molar-refractivity contribution < 1.29 is 19.0 Å². The average molecular weight is 479 g/mol. The Bertz CT molecular complexity index is 982. The van der Waals surface area contributed by atoms with E-state index in [0.29, 0.717) is 37.5 Å². The second-order valence-corrected chi connectivity index (χ2v) is 10.0. The second-order valence-electron chi connectivity index (χ2n) is 10.0. The molecule has 2 bridgehead atoms. The summed E-state index contributed by atoms with van der Waals surface area (Å²) in [4.78, 5) is 15.5. The predicted molar refractivity (Wildman–Crippen MR) is 136 cm³/mol. The van der Waals surface area contributed by atoms with Crippen molar-refractivity contribution in [3.63, 3.8) is 0 Å². The molecule has 1 amide bonds. The molecule has 2 fully saturated rings. The van der Waals surface area contributed by atoms with Gasteiger partial charge in [0.2, 0.25) is 0 Å². The van der Waals surface area contributed by atoms with E-state index in [-0.39, 0.29) is 5.91 Å². The van der Waals surface area contributed by atoms with Crippen LogP contribution in [0.2, 0.25) is 0 Å². The Labute approximate surface area is 208 Å². The molecular weight excluding hydrogens is 440 g/mol. The SMILES string of the molecule is O=C(NC1CCCC1)c1ccc2c(c1)Cc1cccc(c1)CN(C1CCOCC1)CCOCCO2. The minimum atomic E-state index is 0.0169. The van der Waals surface area contributed by atoms with Crippen LogP contribution in [0.5, 0.6) is 5.75 Å². The normalized spacial score (nSPS) is 21.0. The molecule has 3 aliphatic rings. The number of carbonyl (C=O) groups excluding carboxylic acids is 1. The lowest BCUT2D eigenvalue weighted by Gasteiger charge is -2.34. The van der Waals surface area contributed by atoms with Crippen LogP contribution in [-0.4, -0.2) is 62.5 Å². The van der Waals surface area contributed by atoms with Gasteiger partial charge in [-0.3, -0.25) is 9.69 Å². The maximum absolute atomic E-state index is 12.9. The van der Waals surface area contributed by atoms with Crippen molar-refractivity contribution in [3.8, 4) is 5.75 Å². The molecule has 2 heterocycles. The molecule has 35 heavy (non-hydrogen) atoms. The Kier molecular flexibility index (Phi) is 8.34. The van der Waals surface area contributed by atoms with Crippen molar-refractivity contribution in [2.45, 2.75) is 63.6 Å². The minimum absolute atomic E-state index is 0.0169. The van der Waals surface area contributed by atoms with E-state index in [9.17, 15) is 4.79 Å². The van der Waals surface area contributed by atoms with E-state index in [2.05, 4.69) is 34.5 Å². The molecule has 1 saturated heterocycles. The lowest BCUT2D eigenvalue weighted by molar-refractivity contribution is 0.0133. The van der Waals surface area contributed by atoms with Gasteiger partial charge in [-0.15, -0.1) is 0 Å². The summed E-state index contributed by atoms with van der Waals surface area (Å²) in [6, 6.07) is 15.5. The van der Waals surface area contributed by atoms with Gasteiger partial charge in [-0.1, -0.05) is 37.1 Å². The molecule has 2 aromatic rings. The molecule has 0 atom stereocenters. The Balaban J connectivity index is 1.37.